The van der Waals surface area contributed by atoms with Crippen LogP contribution < -0.4 is 21.1 Å². The van der Waals surface area contributed by atoms with Gasteiger partial charge in [0.2, 0.25) is 0 Å². The molecular weight excluding hydrogens is 852 g/mol. The van der Waals surface area contributed by atoms with Crippen molar-refractivity contribution in [2.24, 2.45) is 0 Å². The molecule has 1 N–H and O–H groups in total. The number of thiophene rings is 1. The molecular formula is C65H76BN2S. The van der Waals surface area contributed by atoms with Crippen molar-refractivity contribution in [3.05, 3.63) is 136 Å². The SMILES string of the molecule is CCCCCc1cc(-c2c(Nc3ccc4c(c3)C(C)(C)CCC4(C)C)ccc3c2sc2ccccc23)c2c(c1)N(c1ccc3c(c1)C(C)(C)CCC3(C)C)c1cc3c(cc1[B]2)C(C)(C)CCC3(C)C. The standard InChI is InChI=1S/C65H76BN2S/c1-14-15-16-19-40-34-45(57-53(27-24-44-43-20-17-18-21-56(43)69-59(44)57)67-41-22-25-46-48(36-41)62(6,7)30-28-60(46,2)3)58-55(35-40)68(42-23-26-47-49(37-42)63(8,9)31-29-61(47,4)5)54-39-51-50(38-52(54)66-58)64(10,11)32-33-65(51,12)13/h17-18,20-27,34-39,67H,14-16,19,28-33H2,1-13H3. The highest BCUT2D eigenvalue weighted by Gasteiger charge is 2.42. The Kier molecular flexibility index (Phi) is 10.9. The van der Waals surface area contributed by atoms with Crippen LogP contribution in [-0.4, -0.2) is 7.28 Å². The Labute approximate surface area is 420 Å². The summed E-state index contributed by atoms with van der Waals surface area (Å²) in [5, 5.41) is 6.82. The summed E-state index contributed by atoms with van der Waals surface area (Å²) in [6.07, 6.45) is 11.8. The van der Waals surface area contributed by atoms with Gasteiger partial charge in [-0.3, -0.25) is 0 Å². The van der Waals surface area contributed by atoms with E-state index >= 15 is 0 Å². The lowest BCUT2D eigenvalue weighted by Crippen LogP contribution is -2.44. The molecule has 11 rings (SSSR count). The number of nitrogens with zero attached hydrogens (tertiary/aromatic N) is 1. The summed E-state index contributed by atoms with van der Waals surface area (Å²) in [5.41, 5.74) is 22.6. The largest absolute Gasteiger partial charge is 0.355 e. The Morgan fingerprint density at radius 1 is 0.536 bits per heavy atom. The molecule has 4 heteroatoms. The van der Waals surface area contributed by atoms with Gasteiger partial charge in [0.1, 0.15) is 0 Å². The molecule has 2 heterocycles. The number of fused-ring (bicyclic) bond motifs is 8. The van der Waals surface area contributed by atoms with Gasteiger partial charge in [0.15, 0.2) is 7.28 Å². The van der Waals surface area contributed by atoms with E-state index in [0.717, 1.165) is 6.42 Å². The third kappa shape index (κ3) is 7.71. The molecule has 0 fully saturated rings. The normalized spacial score (nSPS) is 19.8. The first kappa shape index (κ1) is 46.6. The minimum absolute atomic E-state index is 0.0832. The van der Waals surface area contributed by atoms with Gasteiger partial charge in [0.05, 0.1) is 0 Å². The highest BCUT2D eigenvalue weighted by molar-refractivity contribution is 7.26. The fourth-order valence-electron chi connectivity index (χ4n) is 13.2. The van der Waals surface area contributed by atoms with Gasteiger partial charge in [-0.25, -0.2) is 0 Å². The van der Waals surface area contributed by atoms with Crippen molar-refractivity contribution >= 4 is 78.2 Å². The zero-order valence-electron chi connectivity index (χ0n) is 44.2. The van der Waals surface area contributed by atoms with Gasteiger partial charge >= 0.3 is 0 Å². The summed E-state index contributed by atoms with van der Waals surface area (Å²) in [7, 11) is 2.59. The van der Waals surface area contributed by atoms with Crippen molar-refractivity contribution in [3.8, 4) is 11.1 Å². The molecule has 0 saturated carbocycles. The van der Waals surface area contributed by atoms with Crippen LogP contribution in [0.25, 0.3) is 31.3 Å². The third-order valence-electron chi connectivity index (χ3n) is 18.1. The van der Waals surface area contributed by atoms with Gasteiger partial charge in [-0.2, -0.15) is 0 Å². The molecule has 2 nitrogen and oxygen atoms in total. The molecule has 1 radical (unpaired) electrons. The van der Waals surface area contributed by atoms with E-state index in [1.165, 1.54) is 167 Å². The molecule has 0 unspecified atom stereocenters. The number of hydrogen-bond acceptors (Lipinski definition) is 3. The lowest BCUT2D eigenvalue weighted by atomic mass is 9.55. The van der Waals surface area contributed by atoms with E-state index in [1.807, 2.05) is 11.3 Å². The topological polar surface area (TPSA) is 15.3 Å². The zero-order chi connectivity index (χ0) is 48.6. The molecule has 0 spiro atoms. The van der Waals surface area contributed by atoms with Crippen molar-refractivity contribution in [3.63, 3.8) is 0 Å². The summed E-state index contributed by atoms with van der Waals surface area (Å²) in [5.74, 6) is 0. The minimum atomic E-state index is 0.0832. The molecule has 6 aromatic carbocycles. The second-order valence-corrected chi connectivity index (χ2v) is 26.9. The third-order valence-corrected chi connectivity index (χ3v) is 19.3. The molecule has 0 saturated heterocycles. The van der Waals surface area contributed by atoms with Crippen molar-refractivity contribution in [2.75, 3.05) is 10.2 Å². The van der Waals surface area contributed by atoms with Crippen LogP contribution in [-0.2, 0) is 38.9 Å². The molecule has 1 aliphatic heterocycles. The predicted molar refractivity (Wildman–Crippen MR) is 303 cm³/mol. The summed E-state index contributed by atoms with van der Waals surface area (Å²) in [4.78, 5) is 2.71. The highest BCUT2D eigenvalue weighted by atomic mass is 32.1. The maximum absolute atomic E-state index is 4.15. The molecule has 1 aromatic heterocycles. The Bertz CT molecular complexity index is 3210. The van der Waals surface area contributed by atoms with Crippen molar-refractivity contribution in [1.82, 2.24) is 0 Å². The smallest absolute Gasteiger partial charge is 0.197 e. The lowest BCUT2D eigenvalue weighted by Gasteiger charge is -2.45. The summed E-state index contributed by atoms with van der Waals surface area (Å²) in [6, 6.07) is 39.1. The molecule has 355 valence electrons. The van der Waals surface area contributed by atoms with Crippen LogP contribution in [0.4, 0.5) is 28.4 Å². The quantitative estimate of drug-likeness (QED) is 0.121. The van der Waals surface area contributed by atoms with Crippen molar-refractivity contribution in [1.29, 1.82) is 0 Å². The molecule has 0 amide bonds. The Morgan fingerprint density at radius 3 is 1.77 bits per heavy atom. The Balaban J connectivity index is 1.20. The summed E-state index contributed by atoms with van der Waals surface area (Å²) in [6.45, 7) is 31.9. The van der Waals surface area contributed by atoms with Crippen LogP contribution in [0, 0.1) is 0 Å². The number of benzene rings is 6. The first-order chi connectivity index (χ1) is 32.6. The van der Waals surface area contributed by atoms with E-state index in [0.29, 0.717) is 0 Å². The van der Waals surface area contributed by atoms with E-state index in [1.54, 1.807) is 0 Å². The molecule has 0 atom stereocenters. The van der Waals surface area contributed by atoms with Crippen LogP contribution in [0.3, 0.4) is 0 Å². The molecule has 4 aliphatic rings. The van der Waals surface area contributed by atoms with E-state index in [4.69, 9.17) is 0 Å². The molecule has 69 heavy (non-hydrogen) atoms. The average Bonchev–Trinajstić information content (AvgIpc) is 3.68. The van der Waals surface area contributed by atoms with Gasteiger partial charge in [-0.15, -0.1) is 11.3 Å². The predicted octanol–water partition coefficient (Wildman–Crippen LogP) is 17.7. The van der Waals surface area contributed by atoms with Crippen LogP contribution in [0.2, 0.25) is 0 Å². The lowest BCUT2D eigenvalue weighted by molar-refractivity contribution is 0.332. The van der Waals surface area contributed by atoms with E-state index in [2.05, 4.69) is 205 Å². The van der Waals surface area contributed by atoms with Crippen LogP contribution >= 0.6 is 11.3 Å². The fourth-order valence-corrected chi connectivity index (χ4v) is 14.4. The Morgan fingerprint density at radius 2 is 1.12 bits per heavy atom. The van der Waals surface area contributed by atoms with Gasteiger partial charge in [0.25, 0.3) is 0 Å². The average molecular weight is 928 g/mol. The second kappa shape index (κ2) is 16.1. The monoisotopic (exact) mass is 928 g/mol. The van der Waals surface area contributed by atoms with Crippen LogP contribution in [0.15, 0.2) is 97.1 Å². The first-order valence-corrected chi connectivity index (χ1v) is 27.4. The summed E-state index contributed by atoms with van der Waals surface area (Å²) < 4.78 is 2.69. The van der Waals surface area contributed by atoms with Gasteiger partial charge < -0.3 is 10.2 Å². The van der Waals surface area contributed by atoms with E-state index in [9.17, 15) is 0 Å². The van der Waals surface area contributed by atoms with Crippen LogP contribution in [0.5, 0.6) is 0 Å². The van der Waals surface area contributed by atoms with E-state index < -0.39 is 0 Å². The second-order valence-electron chi connectivity index (χ2n) is 25.9. The highest BCUT2D eigenvalue weighted by Crippen LogP contribution is 2.53. The van der Waals surface area contributed by atoms with Crippen molar-refractivity contribution in [2.45, 2.75) is 187 Å². The maximum Gasteiger partial charge on any atom is 0.197 e. The molecule has 3 aliphatic carbocycles. The van der Waals surface area contributed by atoms with Gasteiger partial charge in [0, 0.05) is 54.2 Å². The molecule has 7 aromatic rings. The summed E-state index contributed by atoms with van der Waals surface area (Å²) >= 11 is 1.96. The Hall–Kier alpha value is -4.80. The van der Waals surface area contributed by atoms with Gasteiger partial charge in [-0.1, -0.05) is 157 Å². The number of anilines is 5. The van der Waals surface area contributed by atoms with Crippen molar-refractivity contribution < 1.29 is 0 Å². The number of rotatable bonds is 8. The maximum atomic E-state index is 4.15. The number of aryl methyl sites for hydroxylation is 1. The number of unbranched alkanes of at least 4 members (excludes halogenated alkanes) is 2. The first-order valence-electron chi connectivity index (χ1n) is 26.6. The van der Waals surface area contributed by atoms with Gasteiger partial charge in [-0.05, 0) is 182 Å². The minimum Gasteiger partial charge on any atom is -0.355 e. The number of hydrogen-bond donors (Lipinski definition) is 1. The number of nitrogens with one attached hydrogen (secondary N) is 1. The molecule has 0 bridgehead atoms. The van der Waals surface area contributed by atoms with Crippen LogP contribution in [0.1, 0.15) is 187 Å². The van der Waals surface area contributed by atoms with E-state index in [-0.39, 0.29) is 32.5 Å². The zero-order valence-corrected chi connectivity index (χ0v) is 45.1. The fraction of sp³-hybridized carbons (Fsp3) is 0.446.